The van der Waals surface area contributed by atoms with Crippen LogP contribution in [0.4, 0.5) is 0 Å². The van der Waals surface area contributed by atoms with E-state index in [2.05, 4.69) is 76.0 Å². The zero-order chi connectivity index (χ0) is 15.5. The molecule has 0 fully saturated rings. The van der Waals surface area contributed by atoms with Crippen molar-refractivity contribution in [3.8, 4) is 5.75 Å². The molecule has 2 aromatic rings. The molecule has 0 saturated carbocycles. The van der Waals surface area contributed by atoms with Gasteiger partial charge in [0.1, 0.15) is 5.75 Å². The Hall–Kier alpha value is -0.800. The standard InChI is InChI=1S/C18H20Br2O/c1-4-21-16-11-10-14(19)12-15(16)17(20)18(2,3)13-8-6-5-7-9-13/h5-12,17H,4H2,1-3H3. The number of hydrogen-bond donors (Lipinski definition) is 0. The molecule has 0 bridgehead atoms. The molecule has 1 nitrogen and oxygen atoms in total. The fourth-order valence-corrected chi connectivity index (χ4v) is 3.41. The Bertz CT molecular complexity index is 593. The molecule has 1 unspecified atom stereocenters. The van der Waals surface area contributed by atoms with Crippen LogP contribution in [0, 0.1) is 0 Å². The summed E-state index contributed by atoms with van der Waals surface area (Å²) < 4.78 is 6.86. The van der Waals surface area contributed by atoms with Crippen LogP contribution in [0.1, 0.15) is 36.7 Å². The van der Waals surface area contributed by atoms with Crippen LogP contribution in [0.15, 0.2) is 53.0 Å². The summed E-state index contributed by atoms with van der Waals surface area (Å²) >= 11 is 7.46. The summed E-state index contributed by atoms with van der Waals surface area (Å²) in [5.41, 5.74) is 2.42. The Kier molecular flexibility index (Phi) is 5.50. The third kappa shape index (κ3) is 3.70. The monoisotopic (exact) mass is 410 g/mol. The Morgan fingerprint density at radius 1 is 1.10 bits per heavy atom. The van der Waals surface area contributed by atoms with Crippen LogP contribution in [-0.2, 0) is 5.41 Å². The predicted octanol–water partition coefficient (Wildman–Crippen LogP) is 6.26. The van der Waals surface area contributed by atoms with E-state index in [1.54, 1.807) is 0 Å². The third-order valence-electron chi connectivity index (χ3n) is 3.70. The summed E-state index contributed by atoms with van der Waals surface area (Å²) in [5.74, 6) is 0.937. The molecule has 0 radical (unpaired) electrons. The largest absolute Gasteiger partial charge is 0.494 e. The molecule has 0 N–H and O–H groups in total. The lowest BCUT2D eigenvalue weighted by molar-refractivity contribution is 0.333. The molecule has 0 aliphatic rings. The van der Waals surface area contributed by atoms with Crippen molar-refractivity contribution in [1.82, 2.24) is 0 Å². The van der Waals surface area contributed by atoms with Crippen molar-refractivity contribution in [2.24, 2.45) is 0 Å². The minimum atomic E-state index is -0.0477. The minimum absolute atomic E-state index is 0.0477. The maximum Gasteiger partial charge on any atom is 0.123 e. The van der Waals surface area contributed by atoms with E-state index in [0.29, 0.717) is 6.61 Å². The lowest BCUT2D eigenvalue weighted by Gasteiger charge is -2.32. The molecule has 3 heteroatoms. The minimum Gasteiger partial charge on any atom is -0.494 e. The van der Waals surface area contributed by atoms with Gasteiger partial charge in [-0.3, -0.25) is 0 Å². The molecule has 112 valence electrons. The van der Waals surface area contributed by atoms with Gasteiger partial charge in [-0.25, -0.2) is 0 Å². The zero-order valence-corrected chi connectivity index (χ0v) is 15.7. The van der Waals surface area contributed by atoms with E-state index in [9.17, 15) is 0 Å². The molecule has 21 heavy (non-hydrogen) atoms. The first-order valence-corrected chi connectivity index (χ1v) is 8.79. The van der Waals surface area contributed by atoms with Crippen LogP contribution < -0.4 is 4.74 Å². The van der Waals surface area contributed by atoms with Crippen molar-refractivity contribution in [3.63, 3.8) is 0 Å². The van der Waals surface area contributed by atoms with Crippen LogP contribution in [0.3, 0.4) is 0 Å². The maximum atomic E-state index is 5.79. The van der Waals surface area contributed by atoms with Crippen LogP contribution in [0.25, 0.3) is 0 Å². The fraction of sp³-hybridized carbons (Fsp3) is 0.333. The highest BCUT2D eigenvalue weighted by Gasteiger charge is 2.32. The number of rotatable bonds is 5. The Labute approximate surface area is 144 Å². The van der Waals surface area contributed by atoms with Gasteiger partial charge in [0, 0.05) is 15.5 Å². The summed E-state index contributed by atoms with van der Waals surface area (Å²) in [6.45, 7) is 7.17. The first kappa shape index (κ1) is 16.6. The smallest absolute Gasteiger partial charge is 0.123 e. The number of ether oxygens (including phenoxy) is 1. The lowest BCUT2D eigenvalue weighted by atomic mass is 9.79. The highest BCUT2D eigenvalue weighted by Crippen LogP contribution is 2.46. The average Bonchev–Trinajstić information content (AvgIpc) is 2.49. The normalized spacial score (nSPS) is 13.0. The van der Waals surface area contributed by atoms with Gasteiger partial charge in [-0.1, -0.05) is 76.0 Å². The van der Waals surface area contributed by atoms with Crippen molar-refractivity contribution in [2.45, 2.75) is 31.0 Å². The summed E-state index contributed by atoms with van der Waals surface area (Å²) in [6.07, 6.45) is 0. The van der Waals surface area contributed by atoms with Gasteiger partial charge in [0.15, 0.2) is 0 Å². The molecule has 0 aliphatic heterocycles. The zero-order valence-electron chi connectivity index (χ0n) is 12.6. The van der Waals surface area contributed by atoms with Crippen molar-refractivity contribution < 1.29 is 4.74 Å². The first-order valence-electron chi connectivity index (χ1n) is 7.08. The Balaban J connectivity index is 2.43. The number of benzene rings is 2. The summed E-state index contributed by atoms with van der Waals surface area (Å²) in [7, 11) is 0. The number of alkyl halides is 1. The fourth-order valence-electron chi connectivity index (χ4n) is 2.41. The highest BCUT2D eigenvalue weighted by atomic mass is 79.9. The maximum absolute atomic E-state index is 5.79. The second-order valence-corrected chi connectivity index (χ2v) is 7.40. The third-order valence-corrected chi connectivity index (χ3v) is 5.83. The van der Waals surface area contributed by atoms with Crippen molar-refractivity contribution in [3.05, 3.63) is 64.1 Å². The summed E-state index contributed by atoms with van der Waals surface area (Å²) in [5, 5.41) is 0. The number of halogens is 2. The van der Waals surface area contributed by atoms with Crippen LogP contribution >= 0.6 is 31.9 Å². The van der Waals surface area contributed by atoms with E-state index >= 15 is 0 Å². The molecule has 1 atom stereocenters. The molecule has 0 amide bonds. The molecule has 0 heterocycles. The van der Waals surface area contributed by atoms with Crippen molar-refractivity contribution in [1.29, 1.82) is 0 Å². The molecule has 0 saturated heterocycles. The SMILES string of the molecule is CCOc1ccc(Br)cc1C(Br)C(C)(C)c1ccccc1. The van der Waals surface area contributed by atoms with Crippen LogP contribution in [-0.4, -0.2) is 6.61 Å². The van der Waals surface area contributed by atoms with E-state index in [0.717, 1.165) is 10.2 Å². The van der Waals surface area contributed by atoms with Gasteiger partial charge >= 0.3 is 0 Å². The van der Waals surface area contributed by atoms with Crippen molar-refractivity contribution >= 4 is 31.9 Å². The van der Waals surface area contributed by atoms with Crippen LogP contribution in [0.5, 0.6) is 5.75 Å². The second-order valence-electron chi connectivity index (χ2n) is 5.57. The topological polar surface area (TPSA) is 9.23 Å². The van der Waals surface area contributed by atoms with E-state index in [1.165, 1.54) is 11.1 Å². The highest BCUT2D eigenvalue weighted by molar-refractivity contribution is 9.10. The quantitative estimate of drug-likeness (QED) is 0.527. The van der Waals surface area contributed by atoms with E-state index in [-0.39, 0.29) is 10.2 Å². The van der Waals surface area contributed by atoms with E-state index < -0.39 is 0 Å². The Morgan fingerprint density at radius 3 is 2.38 bits per heavy atom. The van der Waals surface area contributed by atoms with Gasteiger partial charge < -0.3 is 4.74 Å². The number of hydrogen-bond acceptors (Lipinski definition) is 1. The lowest BCUT2D eigenvalue weighted by Crippen LogP contribution is -2.23. The van der Waals surface area contributed by atoms with Crippen molar-refractivity contribution in [2.75, 3.05) is 6.61 Å². The predicted molar refractivity (Wildman–Crippen MR) is 96.4 cm³/mol. The molecular formula is C18H20Br2O. The van der Waals surface area contributed by atoms with E-state index in [1.807, 2.05) is 25.1 Å². The molecule has 2 rings (SSSR count). The van der Waals surface area contributed by atoms with Gasteiger partial charge in [0.2, 0.25) is 0 Å². The van der Waals surface area contributed by atoms with Gasteiger partial charge in [-0.05, 0) is 30.7 Å². The summed E-state index contributed by atoms with van der Waals surface area (Å²) in [4.78, 5) is 0.159. The van der Waals surface area contributed by atoms with Gasteiger partial charge in [0.25, 0.3) is 0 Å². The average molecular weight is 412 g/mol. The molecule has 0 aliphatic carbocycles. The molecule has 2 aromatic carbocycles. The molecule has 0 spiro atoms. The second kappa shape index (κ2) is 6.97. The van der Waals surface area contributed by atoms with E-state index in [4.69, 9.17) is 4.74 Å². The van der Waals surface area contributed by atoms with Gasteiger partial charge in [-0.2, -0.15) is 0 Å². The molecule has 0 aromatic heterocycles. The molecular weight excluding hydrogens is 392 g/mol. The van der Waals surface area contributed by atoms with Gasteiger partial charge in [0.05, 0.1) is 11.4 Å². The first-order chi connectivity index (χ1) is 9.96. The van der Waals surface area contributed by atoms with Gasteiger partial charge in [-0.15, -0.1) is 0 Å². The Morgan fingerprint density at radius 2 is 1.76 bits per heavy atom. The van der Waals surface area contributed by atoms with Crippen LogP contribution in [0.2, 0.25) is 0 Å². The summed E-state index contributed by atoms with van der Waals surface area (Å²) in [6, 6.07) is 16.7.